The first-order valence-electron chi connectivity index (χ1n) is 19.3. The lowest BCUT2D eigenvalue weighted by Crippen LogP contribution is -2.03. The van der Waals surface area contributed by atoms with Crippen molar-refractivity contribution in [3.8, 4) is 17.1 Å². The number of hydrogen-bond acceptors (Lipinski definition) is 2. The zero-order chi connectivity index (χ0) is 38.6. The lowest BCUT2D eigenvalue weighted by molar-refractivity contribution is 0.596. The molecule has 0 atom stereocenters. The summed E-state index contributed by atoms with van der Waals surface area (Å²) >= 11 is 0. The quantitative estimate of drug-likeness (QED) is 0.176. The van der Waals surface area contributed by atoms with Crippen LogP contribution < -0.4 is 0 Å². The average Bonchev–Trinajstić information content (AvgIpc) is 3.86. The van der Waals surface area contributed by atoms with Gasteiger partial charge in [-0.05, 0) is 117 Å². The highest BCUT2D eigenvalue weighted by molar-refractivity contribution is 7.91. The smallest absolute Gasteiger partial charge is 0.206 e. The van der Waals surface area contributed by atoms with E-state index in [0.717, 1.165) is 60.7 Å². The van der Waals surface area contributed by atoms with Gasteiger partial charge in [-0.15, -0.1) is 0 Å². The monoisotopic (exact) mass is 755 g/mol. The van der Waals surface area contributed by atoms with Crippen molar-refractivity contribution in [1.82, 2.24) is 13.7 Å². The zero-order valence-corrected chi connectivity index (χ0v) is 32.5. The highest BCUT2D eigenvalue weighted by Gasteiger charge is 2.24. The molecular formula is C51H37N3O2S. The Labute approximate surface area is 330 Å². The van der Waals surface area contributed by atoms with Crippen molar-refractivity contribution < 1.29 is 8.42 Å². The van der Waals surface area contributed by atoms with Crippen molar-refractivity contribution in [2.24, 2.45) is 0 Å². The second-order valence-electron chi connectivity index (χ2n) is 15.2. The van der Waals surface area contributed by atoms with Crippen LogP contribution in [0.4, 0.5) is 0 Å². The molecule has 0 fully saturated rings. The van der Waals surface area contributed by atoms with Crippen LogP contribution in [0.25, 0.3) is 82.5 Å². The second-order valence-corrected chi connectivity index (χ2v) is 17.1. The molecule has 8 aromatic carbocycles. The molecule has 0 bridgehead atoms. The van der Waals surface area contributed by atoms with Crippen LogP contribution in [0.1, 0.15) is 16.7 Å². The minimum Gasteiger partial charge on any atom is -0.309 e. The Morgan fingerprint density at radius 1 is 0.351 bits per heavy atom. The van der Waals surface area contributed by atoms with E-state index in [1.165, 1.54) is 38.5 Å². The molecule has 0 radical (unpaired) electrons. The average molecular weight is 756 g/mol. The topological polar surface area (TPSA) is 48.9 Å². The fourth-order valence-corrected chi connectivity index (χ4v) is 10.7. The molecule has 6 heteroatoms. The van der Waals surface area contributed by atoms with Gasteiger partial charge in [-0.1, -0.05) is 90.5 Å². The van der Waals surface area contributed by atoms with Crippen molar-refractivity contribution in [3.63, 3.8) is 0 Å². The normalized spacial score (nSPS) is 12.3. The first-order valence-corrected chi connectivity index (χ1v) is 20.7. The number of hydrogen-bond donors (Lipinski definition) is 0. The van der Waals surface area contributed by atoms with Gasteiger partial charge < -0.3 is 13.7 Å². The molecule has 0 amide bonds. The fourth-order valence-electron chi connectivity index (χ4n) is 9.37. The molecule has 0 spiro atoms. The maximum Gasteiger partial charge on any atom is 0.206 e. The van der Waals surface area contributed by atoms with E-state index in [2.05, 4.69) is 144 Å². The van der Waals surface area contributed by atoms with Crippen LogP contribution in [0, 0.1) is 20.8 Å². The van der Waals surface area contributed by atoms with Crippen LogP contribution in [-0.2, 0) is 9.84 Å². The van der Waals surface area contributed by atoms with E-state index in [0.29, 0.717) is 0 Å². The lowest BCUT2D eigenvalue weighted by Gasteiger charge is -2.15. The number of rotatable bonds is 5. The van der Waals surface area contributed by atoms with Crippen LogP contribution in [-0.4, -0.2) is 22.1 Å². The van der Waals surface area contributed by atoms with Crippen LogP contribution in [0.2, 0.25) is 0 Å². The molecule has 274 valence electrons. The maximum atomic E-state index is 14.6. The van der Waals surface area contributed by atoms with Crippen LogP contribution in [0.15, 0.2) is 180 Å². The molecular weight excluding hydrogens is 719 g/mol. The largest absolute Gasteiger partial charge is 0.309 e. The number of nitrogens with zero attached hydrogens (tertiary/aromatic N) is 3. The van der Waals surface area contributed by atoms with Gasteiger partial charge in [-0.25, -0.2) is 8.42 Å². The Kier molecular flexibility index (Phi) is 7.22. The van der Waals surface area contributed by atoms with Crippen LogP contribution in [0.3, 0.4) is 0 Å². The fraction of sp³-hybridized carbons (Fsp3) is 0.0588. The van der Waals surface area contributed by atoms with Gasteiger partial charge in [0.25, 0.3) is 0 Å². The highest BCUT2D eigenvalue weighted by atomic mass is 32.2. The maximum absolute atomic E-state index is 14.6. The minimum absolute atomic E-state index is 0.271. The molecule has 0 N–H and O–H groups in total. The lowest BCUT2D eigenvalue weighted by atomic mass is 10.0. The number of para-hydroxylation sites is 4. The summed E-state index contributed by atoms with van der Waals surface area (Å²) in [5.41, 5.74) is 13.1. The first-order chi connectivity index (χ1) is 27.8. The molecule has 0 unspecified atom stereocenters. The van der Waals surface area contributed by atoms with Crippen molar-refractivity contribution >= 4 is 75.3 Å². The summed E-state index contributed by atoms with van der Waals surface area (Å²) < 4.78 is 36.1. The summed E-state index contributed by atoms with van der Waals surface area (Å²) in [5.74, 6) is 0. The van der Waals surface area contributed by atoms with Crippen LogP contribution in [0.5, 0.6) is 0 Å². The third-order valence-electron chi connectivity index (χ3n) is 11.7. The summed E-state index contributed by atoms with van der Waals surface area (Å²) in [6.45, 7) is 6.40. The second kappa shape index (κ2) is 12.3. The Hall–Kier alpha value is -6.89. The van der Waals surface area contributed by atoms with Crippen LogP contribution >= 0.6 is 0 Å². The summed E-state index contributed by atoms with van der Waals surface area (Å²) in [4.78, 5) is 0.548. The number of benzene rings is 8. The van der Waals surface area contributed by atoms with E-state index in [9.17, 15) is 8.42 Å². The highest BCUT2D eigenvalue weighted by Crippen LogP contribution is 2.39. The molecule has 3 heterocycles. The number of sulfone groups is 1. The Balaban J connectivity index is 1.03. The van der Waals surface area contributed by atoms with Gasteiger partial charge in [0.2, 0.25) is 9.84 Å². The first kappa shape index (κ1) is 33.4. The molecule has 5 nitrogen and oxygen atoms in total. The van der Waals surface area contributed by atoms with Gasteiger partial charge in [0.1, 0.15) is 0 Å². The third-order valence-corrected chi connectivity index (χ3v) is 13.5. The predicted molar refractivity (Wildman–Crippen MR) is 236 cm³/mol. The van der Waals surface area contributed by atoms with Gasteiger partial charge >= 0.3 is 0 Å². The van der Waals surface area contributed by atoms with E-state index in [-0.39, 0.29) is 9.79 Å². The van der Waals surface area contributed by atoms with Gasteiger partial charge in [0, 0.05) is 43.7 Å². The van der Waals surface area contributed by atoms with E-state index < -0.39 is 9.84 Å². The summed E-state index contributed by atoms with van der Waals surface area (Å²) in [6.07, 6.45) is 0. The van der Waals surface area contributed by atoms with Gasteiger partial charge in [0.05, 0.1) is 48.6 Å². The Morgan fingerprint density at radius 2 is 0.684 bits per heavy atom. The molecule has 0 saturated carbocycles. The Morgan fingerprint density at radius 3 is 1.11 bits per heavy atom. The van der Waals surface area contributed by atoms with E-state index in [1.54, 1.807) is 12.1 Å². The van der Waals surface area contributed by atoms with Crippen molar-refractivity contribution in [1.29, 1.82) is 0 Å². The molecule has 3 aromatic heterocycles. The molecule has 57 heavy (non-hydrogen) atoms. The molecule has 0 aliphatic carbocycles. The van der Waals surface area contributed by atoms with Crippen molar-refractivity contribution in [3.05, 3.63) is 187 Å². The van der Waals surface area contributed by atoms with Gasteiger partial charge in [-0.2, -0.15) is 0 Å². The minimum atomic E-state index is -3.88. The number of aromatic nitrogens is 3. The van der Waals surface area contributed by atoms with Crippen molar-refractivity contribution in [2.45, 2.75) is 30.6 Å². The number of fused-ring (bicyclic) bond motifs is 9. The third kappa shape index (κ3) is 4.90. The molecule has 0 aliphatic rings. The molecule has 0 saturated heterocycles. The summed E-state index contributed by atoms with van der Waals surface area (Å²) in [5, 5.41) is 6.27. The van der Waals surface area contributed by atoms with E-state index >= 15 is 0 Å². The number of aryl methyl sites for hydroxylation is 3. The van der Waals surface area contributed by atoms with Gasteiger partial charge in [0.15, 0.2) is 0 Å². The molecule has 0 aliphatic heterocycles. The van der Waals surface area contributed by atoms with E-state index in [1.807, 2.05) is 48.5 Å². The van der Waals surface area contributed by atoms with E-state index in [4.69, 9.17) is 0 Å². The summed E-state index contributed by atoms with van der Waals surface area (Å²) in [6, 6.07) is 57.7. The molecule has 11 rings (SSSR count). The standard InChI is InChI=1S/C51H37N3O2S/c1-32-28-33(2)51(34(3)29-32)54-48-19-11-7-15-42(48)44-31-38(25-27-50(44)54)57(55,56)37-24-26-49-43(30-37)41-14-6-10-18-47(41)53(49)36-22-20-35(21-23-36)52-45-16-8-4-12-39(45)40-13-5-9-17-46(40)52/h4-31H,1-3H3. The van der Waals surface area contributed by atoms with Crippen molar-refractivity contribution in [2.75, 3.05) is 0 Å². The molecule has 11 aromatic rings. The predicted octanol–water partition coefficient (Wildman–Crippen LogP) is 12.7. The van der Waals surface area contributed by atoms with Gasteiger partial charge in [-0.3, -0.25) is 0 Å². The summed E-state index contributed by atoms with van der Waals surface area (Å²) in [7, 11) is -3.88. The SMILES string of the molecule is Cc1cc(C)c(-n2c3ccccc3c3cc(S(=O)(=O)c4ccc5c(c4)c4ccccc4n5-c4ccc(-n5c6ccccc6c6ccccc65)cc4)ccc32)c(C)c1. The Bertz CT molecular complexity index is 3490. The zero-order valence-electron chi connectivity index (χ0n) is 31.7.